The number of carbonyl (C=O) groups excluding carboxylic acids is 2. The molecule has 60 heavy (non-hydrogen) atoms. The maximum Gasteiger partial charge on any atom is 0.474 e. The molecule has 2 unspecified atom stereocenters. The number of phosphoric ester groups is 1. The van der Waals surface area contributed by atoms with Crippen molar-refractivity contribution in [3.63, 3.8) is 0 Å². The fraction of sp³-hybridized carbons (Fsp3) is 0.939. The van der Waals surface area contributed by atoms with Gasteiger partial charge in [0, 0.05) is 12.8 Å². The van der Waals surface area contributed by atoms with E-state index in [-0.39, 0.29) is 45.2 Å². The minimum absolute atomic E-state index is 0.0206. The zero-order valence-electron chi connectivity index (χ0n) is 40.0. The first kappa shape index (κ1) is 58.5. The highest BCUT2D eigenvalue weighted by atomic mass is 31.2. The Hall–Kier alpha value is -1.50. The second-order valence-electron chi connectivity index (χ2n) is 18.2. The van der Waals surface area contributed by atoms with E-state index in [9.17, 15) is 14.2 Å². The Bertz CT molecular complexity index is 1060. The second kappa shape index (κ2) is 42.8. The predicted molar refractivity (Wildman–Crippen MR) is 248 cm³/mol. The molecule has 0 amide bonds. The number of quaternary nitrogens is 1. The first-order valence-electron chi connectivity index (χ1n) is 25.1. The van der Waals surface area contributed by atoms with E-state index in [2.05, 4.69) is 35.0 Å². The Morgan fingerprint density at radius 2 is 0.883 bits per heavy atom. The molecule has 0 rings (SSSR count). The van der Waals surface area contributed by atoms with Crippen LogP contribution < -0.4 is 0 Å². The van der Waals surface area contributed by atoms with Crippen LogP contribution in [0.4, 0.5) is 0 Å². The summed E-state index contributed by atoms with van der Waals surface area (Å²) in [5, 5.41) is 9.00. The van der Waals surface area contributed by atoms with Crippen molar-refractivity contribution in [2.75, 3.05) is 54.1 Å². The van der Waals surface area contributed by atoms with Gasteiger partial charge in [-0.05, 0) is 25.7 Å². The van der Waals surface area contributed by atoms with E-state index < -0.39 is 19.9 Å². The highest BCUT2D eigenvalue weighted by Crippen LogP contribution is 2.50. The molecule has 2 atom stereocenters. The first-order valence-corrected chi connectivity index (χ1v) is 26.6. The molecule has 10 nitrogen and oxygen atoms in total. The van der Waals surface area contributed by atoms with Crippen molar-refractivity contribution >= 4 is 19.8 Å². The molecule has 0 bridgehead atoms. The third-order valence-corrected chi connectivity index (χ3v) is 12.5. The van der Waals surface area contributed by atoms with Crippen LogP contribution in [0.5, 0.6) is 0 Å². The van der Waals surface area contributed by atoms with E-state index in [1.165, 1.54) is 154 Å². The van der Waals surface area contributed by atoms with E-state index in [1.807, 2.05) is 6.07 Å². The van der Waals surface area contributed by atoms with E-state index in [1.54, 1.807) is 0 Å². The van der Waals surface area contributed by atoms with Crippen LogP contribution in [0.1, 0.15) is 239 Å². The molecule has 0 radical (unpaired) electrons. The lowest BCUT2D eigenvalue weighted by Crippen LogP contribution is -2.35. The lowest BCUT2D eigenvalue weighted by molar-refractivity contribution is -0.870. The van der Waals surface area contributed by atoms with Crippen molar-refractivity contribution in [1.29, 1.82) is 5.26 Å². The summed E-state index contributed by atoms with van der Waals surface area (Å²) in [6, 6.07) is 1.97. The molecule has 0 saturated carbocycles. The van der Waals surface area contributed by atoms with Crippen LogP contribution >= 0.6 is 7.82 Å². The third-order valence-electron chi connectivity index (χ3n) is 11.1. The number of phosphoric acid groups is 1. The molecule has 11 heteroatoms. The average Bonchev–Trinajstić information content (AvgIpc) is 3.21. The van der Waals surface area contributed by atoms with Crippen LogP contribution in [-0.2, 0) is 37.2 Å². The van der Waals surface area contributed by atoms with Gasteiger partial charge in [-0.3, -0.25) is 23.2 Å². The number of carbonyl (C=O) groups is 2. The number of nitriles is 1. The molecule has 0 aromatic carbocycles. The molecule has 0 saturated heterocycles. The Balaban J connectivity index is 4.70. The summed E-state index contributed by atoms with van der Waals surface area (Å²) in [6.07, 6.45) is 38.6. The molecule has 0 aromatic rings. The van der Waals surface area contributed by atoms with E-state index in [0.29, 0.717) is 12.8 Å². The summed E-state index contributed by atoms with van der Waals surface area (Å²) in [5.41, 5.74) is 0. The minimum Gasteiger partial charge on any atom is -0.462 e. The molecular formula is C49H96N2O8P+. The molecule has 0 aliphatic heterocycles. The normalized spacial score (nSPS) is 13.2. The van der Waals surface area contributed by atoms with E-state index in [0.717, 1.165) is 56.0 Å². The monoisotopic (exact) mass is 872 g/mol. The standard InChI is InChI=1S/C49H96N2O8P/c1-6-8-10-12-14-16-18-20-22-24-26-28-30-32-34-39-48(52)55-45-47(46-58-60(54,57-44-38-41-50)56-43-37-36-42-51(3,4)5)59-49(53)40-35-33-31-29-27-25-23-21-19-17-15-13-11-9-7-2/h47H,6-40,42-46H2,1-5H3/q+1. The van der Waals surface area contributed by atoms with Crippen LogP contribution in [0.3, 0.4) is 0 Å². The smallest absolute Gasteiger partial charge is 0.462 e. The number of ether oxygens (including phenoxy) is 2. The fourth-order valence-corrected chi connectivity index (χ4v) is 8.49. The van der Waals surface area contributed by atoms with Gasteiger partial charge in [-0.1, -0.05) is 194 Å². The fourth-order valence-electron chi connectivity index (χ4n) is 7.25. The van der Waals surface area contributed by atoms with Gasteiger partial charge in [0.05, 0.1) is 60.0 Å². The van der Waals surface area contributed by atoms with Crippen LogP contribution in [0.25, 0.3) is 0 Å². The van der Waals surface area contributed by atoms with Crippen LogP contribution in [0.15, 0.2) is 0 Å². The number of unbranched alkanes of at least 4 members (excludes halogenated alkanes) is 29. The van der Waals surface area contributed by atoms with Crippen LogP contribution in [0, 0.1) is 11.3 Å². The highest BCUT2D eigenvalue weighted by Gasteiger charge is 2.30. The molecule has 0 fully saturated rings. The summed E-state index contributed by atoms with van der Waals surface area (Å²) in [5.74, 6) is -0.756. The lowest BCUT2D eigenvalue weighted by atomic mass is 10.0. The van der Waals surface area contributed by atoms with Gasteiger partial charge in [0.1, 0.15) is 6.61 Å². The maximum absolute atomic E-state index is 13.5. The number of nitrogens with zero attached hydrogens (tertiary/aromatic N) is 2. The van der Waals surface area contributed by atoms with Crippen molar-refractivity contribution in [2.24, 2.45) is 0 Å². The largest absolute Gasteiger partial charge is 0.474 e. The van der Waals surface area contributed by atoms with Gasteiger partial charge in [0.25, 0.3) is 0 Å². The van der Waals surface area contributed by atoms with Crippen LogP contribution in [0.2, 0.25) is 0 Å². The second-order valence-corrected chi connectivity index (χ2v) is 19.9. The molecular weight excluding hydrogens is 776 g/mol. The van der Waals surface area contributed by atoms with Gasteiger partial charge in [0.15, 0.2) is 6.10 Å². The van der Waals surface area contributed by atoms with Gasteiger partial charge < -0.3 is 14.0 Å². The summed E-state index contributed by atoms with van der Waals surface area (Å²) in [6.45, 7) is 4.96. The SMILES string of the molecule is CCCCCCCCCCCCCCCCCC(=O)OCC(COP(=O)(OCCC#N)OCCCC[N+](C)(C)C)OC(=O)CCCCCCCCCCCCCCCCC. The van der Waals surface area contributed by atoms with Gasteiger partial charge in [-0.15, -0.1) is 0 Å². The minimum atomic E-state index is -4.06. The average molecular weight is 872 g/mol. The maximum atomic E-state index is 13.5. The quantitative estimate of drug-likeness (QED) is 0.0255. The lowest BCUT2D eigenvalue weighted by Gasteiger charge is -2.24. The zero-order valence-corrected chi connectivity index (χ0v) is 40.9. The predicted octanol–water partition coefficient (Wildman–Crippen LogP) is 14.5. The Morgan fingerprint density at radius 3 is 1.28 bits per heavy atom. The van der Waals surface area contributed by atoms with Crippen molar-refractivity contribution in [2.45, 2.75) is 245 Å². The summed E-state index contributed by atoms with van der Waals surface area (Å²) in [4.78, 5) is 25.6. The van der Waals surface area contributed by atoms with Gasteiger partial charge in [0.2, 0.25) is 0 Å². The molecule has 0 N–H and O–H groups in total. The molecule has 0 aliphatic carbocycles. The van der Waals surface area contributed by atoms with Crippen molar-refractivity contribution in [3.05, 3.63) is 0 Å². The number of hydrogen-bond acceptors (Lipinski definition) is 9. The van der Waals surface area contributed by atoms with E-state index in [4.69, 9.17) is 28.3 Å². The van der Waals surface area contributed by atoms with Gasteiger partial charge in [-0.25, -0.2) is 4.57 Å². The Kier molecular flexibility index (Phi) is 41.7. The molecule has 0 heterocycles. The topological polar surface area (TPSA) is 121 Å². The summed E-state index contributed by atoms with van der Waals surface area (Å²) in [7, 11) is 2.25. The molecule has 354 valence electrons. The van der Waals surface area contributed by atoms with Gasteiger partial charge >= 0.3 is 19.8 Å². The Labute approximate surface area is 370 Å². The van der Waals surface area contributed by atoms with Crippen molar-refractivity contribution in [3.8, 4) is 6.07 Å². The summed E-state index contributed by atoms with van der Waals surface area (Å²) < 4.78 is 42.3. The number of esters is 2. The van der Waals surface area contributed by atoms with Crippen molar-refractivity contribution < 1.29 is 41.7 Å². The zero-order chi connectivity index (χ0) is 44.3. The molecule has 0 aromatic heterocycles. The van der Waals surface area contributed by atoms with Gasteiger partial charge in [-0.2, -0.15) is 5.26 Å². The number of hydrogen-bond donors (Lipinski definition) is 0. The number of rotatable bonds is 47. The van der Waals surface area contributed by atoms with Crippen LogP contribution in [-0.4, -0.2) is 76.6 Å². The van der Waals surface area contributed by atoms with E-state index >= 15 is 0 Å². The summed E-state index contributed by atoms with van der Waals surface area (Å²) >= 11 is 0. The Morgan fingerprint density at radius 1 is 0.500 bits per heavy atom. The molecule has 0 aliphatic rings. The third kappa shape index (κ3) is 43.2. The molecule has 0 spiro atoms. The first-order chi connectivity index (χ1) is 29.0. The highest BCUT2D eigenvalue weighted by molar-refractivity contribution is 7.48. The van der Waals surface area contributed by atoms with Crippen molar-refractivity contribution in [1.82, 2.24) is 0 Å².